The first-order valence-corrected chi connectivity index (χ1v) is 17.0. The lowest BCUT2D eigenvalue weighted by atomic mass is 9.62. The Balaban J connectivity index is 1.61. The maximum Gasteiger partial charge on any atom is 0.242 e. The van der Waals surface area contributed by atoms with Gasteiger partial charge in [0.05, 0.1) is 30.1 Å². The molecule has 0 saturated carbocycles. The molecule has 1 unspecified atom stereocenters. The Bertz CT molecular complexity index is 1620. The Morgan fingerprint density at radius 2 is 1.91 bits per heavy atom. The van der Waals surface area contributed by atoms with Crippen LogP contribution in [0.25, 0.3) is 0 Å². The molecule has 0 bridgehead atoms. The van der Waals surface area contributed by atoms with Gasteiger partial charge in [-0.3, -0.25) is 9.59 Å². The van der Waals surface area contributed by atoms with Gasteiger partial charge in [0.1, 0.15) is 35.1 Å². The summed E-state index contributed by atoms with van der Waals surface area (Å²) in [5, 5.41) is 9.70. The van der Waals surface area contributed by atoms with Gasteiger partial charge in [-0.05, 0) is 53.3 Å². The number of ether oxygens (including phenoxy) is 2. The molecular weight excluding hydrogens is 640 g/mol. The third-order valence-electron chi connectivity index (χ3n) is 8.29. The molecule has 3 aromatic carbocycles. The number of rotatable bonds is 9. The normalized spacial score (nSPS) is 23.0. The van der Waals surface area contributed by atoms with Crippen molar-refractivity contribution < 1.29 is 28.0 Å². The van der Waals surface area contributed by atoms with Crippen molar-refractivity contribution in [2.45, 2.75) is 50.6 Å². The molecule has 5 atom stereocenters. The molecule has 2 heterocycles. The van der Waals surface area contributed by atoms with Crippen LogP contribution >= 0.6 is 23.2 Å². The van der Waals surface area contributed by atoms with Gasteiger partial charge in [0, 0.05) is 28.7 Å². The van der Waals surface area contributed by atoms with Gasteiger partial charge in [-0.2, -0.15) is 0 Å². The van der Waals surface area contributed by atoms with Gasteiger partial charge in [0.25, 0.3) is 0 Å². The summed E-state index contributed by atoms with van der Waals surface area (Å²) in [7, 11) is 1.47. The number of benzene rings is 3. The van der Waals surface area contributed by atoms with Crippen molar-refractivity contribution >= 4 is 57.6 Å². The van der Waals surface area contributed by atoms with E-state index < -0.39 is 46.3 Å². The summed E-state index contributed by atoms with van der Waals surface area (Å²) >= 11 is 11.6. The molecule has 1 spiro atoms. The first kappa shape index (κ1) is 33.3. The zero-order valence-corrected chi connectivity index (χ0v) is 28.0. The summed E-state index contributed by atoms with van der Waals surface area (Å²) in [6, 6.07) is 13.1. The number of halogens is 3. The average molecular weight is 677 g/mol. The van der Waals surface area contributed by atoms with Gasteiger partial charge in [0.15, 0.2) is 0 Å². The second-order valence-electron chi connectivity index (χ2n) is 12.6. The number of amides is 2. The predicted molar refractivity (Wildman–Crippen MR) is 177 cm³/mol. The van der Waals surface area contributed by atoms with Gasteiger partial charge in [-0.25, -0.2) is 4.39 Å². The topological polar surface area (TPSA) is 112 Å². The molecule has 2 aliphatic heterocycles. The number of carbonyl (C=O) groups is 2. The molecule has 0 aromatic heterocycles. The molecule has 2 aliphatic rings. The fraction of sp³-hybridized carbons (Fsp3) is 0.394. The van der Waals surface area contributed by atoms with E-state index in [-0.39, 0.29) is 28.5 Å². The summed E-state index contributed by atoms with van der Waals surface area (Å²) in [4.78, 5) is 28.6. The van der Waals surface area contributed by atoms with Gasteiger partial charge < -0.3 is 30.0 Å². The van der Waals surface area contributed by atoms with Crippen molar-refractivity contribution in [2.75, 3.05) is 36.4 Å². The van der Waals surface area contributed by atoms with E-state index in [9.17, 15) is 14.1 Å². The summed E-state index contributed by atoms with van der Waals surface area (Å²) in [6.45, 7) is 6.40. The molecule has 1 saturated heterocycles. The standard InChI is InChI=1S/C33H36Cl2FN3O5S/c1-32(2,3)17-26-33(21-11-9-18(34)15-24(21)38-31(33)41)27(20-7-6-8-22(35)28(20)36)29(39-26)30(40)37-23-12-10-19(16-25(23)43-4)44-13-14-45(5)42/h6-12,15-16,26-27,29,39H,13-14,17H2,1-5H3,(H,37,40)(H,38,41)/t26-,27-,29+,33+,45?/m0/s1. The van der Waals surface area contributed by atoms with E-state index in [0.717, 1.165) is 0 Å². The number of fused-ring (bicyclic) bond motifs is 2. The van der Waals surface area contributed by atoms with E-state index in [1.807, 2.05) is 20.8 Å². The number of nitrogens with one attached hydrogen (secondary N) is 3. The average Bonchev–Trinajstić information content (AvgIpc) is 3.44. The Hall–Kier alpha value is -3.02. The summed E-state index contributed by atoms with van der Waals surface area (Å²) < 4.78 is 38.7. The fourth-order valence-electron chi connectivity index (χ4n) is 6.50. The van der Waals surface area contributed by atoms with Crippen LogP contribution in [0.4, 0.5) is 15.8 Å². The van der Waals surface area contributed by atoms with E-state index in [1.165, 1.54) is 13.2 Å². The van der Waals surface area contributed by atoms with E-state index >= 15 is 4.39 Å². The van der Waals surface area contributed by atoms with Crippen LogP contribution in [-0.4, -0.2) is 54.2 Å². The van der Waals surface area contributed by atoms with E-state index in [1.54, 1.807) is 54.8 Å². The molecule has 0 radical (unpaired) electrons. The van der Waals surface area contributed by atoms with Crippen LogP contribution in [0.5, 0.6) is 11.5 Å². The van der Waals surface area contributed by atoms with Gasteiger partial charge in [-0.1, -0.05) is 73.3 Å². The molecule has 5 rings (SSSR count). The second-order valence-corrected chi connectivity index (χ2v) is 15.0. The smallest absolute Gasteiger partial charge is 0.242 e. The van der Waals surface area contributed by atoms with Crippen molar-refractivity contribution in [1.29, 1.82) is 0 Å². The summed E-state index contributed by atoms with van der Waals surface area (Å²) in [6.07, 6.45) is 2.09. The highest BCUT2D eigenvalue weighted by atomic mass is 35.5. The lowest BCUT2D eigenvalue weighted by Crippen LogP contribution is -2.49. The highest BCUT2D eigenvalue weighted by Crippen LogP contribution is 2.57. The van der Waals surface area contributed by atoms with Crippen LogP contribution < -0.4 is 25.4 Å². The van der Waals surface area contributed by atoms with Gasteiger partial charge in [0.2, 0.25) is 11.8 Å². The summed E-state index contributed by atoms with van der Waals surface area (Å²) in [5.41, 5.74) is 0.0102. The SMILES string of the molecule is COc1cc(OCC[S+](C)[O-])ccc1NC(=O)[C@@H]1N[C@@H](CC(C)(C)C)[C@@]2(C(=O)Nc3cc(Cl)ccc32)[C@H]1c1cccc(Cl)c1F. The maximum atomic E-state index is 16.0. The monoisotopic (exact) mass is 675 g/mol. The van der Waals surface area contributed by atoms with Crippen LogP contribution in [0.3, 0.4) is 0 Å². The number of carbonyl (C=O) groups excluding carboxylic acids is 2. The minimum absolute atomic E-state index is 0.111. The Kier molecular flexibility index (Phi) is 9.63. The molecule has 0 aliphatic carbocycles. The maximum absolute atomic E-state index is 16.0. The Morgan fingerprint density at radius 1 is 1.16 bits per heavy atom. The number of anilines is 2. The van der Waals surface area contributed by atoms with Crippen LogP contribution in [-0.2, 0) is 26.2 Å². The molecular formula is C33H36Cl2FN3O5S. The van der Waals surface area contributed by atoms with Crippen LogP contribution in [0.2, 0.25) is 10.0 Å². The number of hydrogen-bond donors (Lipinski definition) is 3. The largest absolute Gasteiger partial charge is 0.616 e. The lowest BCUT2D eigenvalue weighted by molar-refractivity contribution is -0.122. The van der Waals surface area contributed by atoms with Gasteiger partial charge >= 0.3 is 0 Å². The van der Waals surface area contributed by atoms with Crippen molar-refractivity contribution in [3.8, 4) is 11.5 Å². The first-order chi connectivity index (χ1) is 21.3. The first-order valence-electron chi connectivity index (χ1n) is 14.5. The molecule has 1 fully saturated rings. The van der Waals surface area contributed by atoms with Crippen molar-refractivity contribution in [1.82, 2.24) is 5.32 Å². The van der Waals surface area contributed by atoms with E-state index in [4.69, 9.17) is 32.7 Å². The molecule has 12 heteroatoms. The fourth-order valence-corrected chi connectivity index (χ4v) is 7.18. The van der Waals surface area contributed by atoms with Crippen molar-refractivity contribution in [2.24, 2.45) is 5.41 Å². The number of hydrogen-bond acceptors (Lipinski definition) is 6. The van der Waals surface area contributed by atoms with Gasteiger partial charge in [-0.15, -0.1) is 0 Å². The minimum atomic E-state index is -1.37. The quantitative estimate of drug-likeness (QED) is 0.230. The molecule has 3 N–H and O–H groups in total. The highest BCUT2D eigenvalue weighted by molar-refractivity contribution is 7.90. The zero-order chi connectivity index (χ0) is 32.7. The lowest BCUT2D eigenvalue weighted by Gasteiger charge is -2.37. The van der Waals surface area contributed by atoms with Crippen molar-refractivity contribution in [3.63, 3.8) is 0 Å². The van der Waals surface area contributed by atoms with E-state index in [2.05, 4.69) is 16.0 Å². The predicted octanol–water partition coefficient (Wildman–Crippen LogP) is 6.29. The zero-order valence-electron chi connectivity index (χ0n) is 25.6. The Labute approximate surface area is 275 Å². The highest BCUT2D eigenvalue weighted by Gasteiger charge is 2.66. The molecule has 240 valence electrons. The Morgan fingerprint density at radius 3 is 2.60 bits per heavy atom. The molecule has 3 aromatic rings. The minimum Gasteiger partial charge on any atom is -0.616 e. The van der Waals surface area contributed by atoms with Crippen LogP contribution in [0.15, 0.2) is 54.6 Å². The van der Waals surface area contributed by atoms with E-state index in [0.29, 0.717) is 45.6 Å². The third kappa shape index (κ3) is 6.49. The molecule has 45 heavy (non-hydrogen) atoms. The summed E-state index contributed by atoms with van der Waals surface area (Å²) in [5.74, 6) is -1.34. The second kappa shape index (κ2) is 13.0. The van der Waals surface area contributed by atoms with Crippen LogP contribution in [0, 0.1) is 11.2 Å². The van der Waals surface area contributed by atoms with Crippen LogP contribution in [0.1, 0.15) is 44.2 Å². The third-order valence-corrected chi connectivity index (χ3v) is 9.56. The number of methoxy groups -OCH3 is 1. The molecule has 8 nitrogen and oxygen atoms in total. The molecule has 2 amide bonds. The van der Waals surface area contributed by atoms with Crippen molar-refractivity contribution in [3.05, 3.63) is 81.6 Å².